The monoisotopic (exact) mass is 330 g/mol. The molecule has 6 nitrogen and oxygen atoms in total. The van der Waals surface area contributed by atoms with Crippen LogP contribution in [0.4, 0.5) is 5.69 Å². The maximum Gasteiger partial charge on any atom is 0.273 e. The molecule has 1 heterocycles. The summed E-state index contributed by atoms with van der Waals surface area (Å²) in [6, 6.07) is 19.4. The van der Waals surface area contributed by atoms with Crippen molar-refractivity contribution < 1.29 is 9.21 Å². The number of furan rings is 1. The molecule has 0 saturated carbocycles. The predicted octanol–water partition coefficient (Wildman–Crippen LogP) is 3.16. The highest BCUT2D eigenvalue weighted by atomic mass is 16.3. The van der Waals surface area contributed by atoms with Crippen LogP contribution in [0.3, 0.4) is 0 Å². The summed E-state index contributed by atoms with van der Waals surface area (Å²) in [6.07, 6.45) is 1.38. The summed E-state index contributed by atoms with van der Waals surface area (Å²) in [7, 11) is 0. The normalized spacial score (nSPS) is 10.5. The van der Waals surface area contributed by atoms with Gasteiger partial charge in [0.1, 0.15) is 11.5 Å². The largest absolute Gasteiger partial charge is 0.455 e. The van der Waals surface area contributed by atoms with Crippen LogP contribution in [0.1, 0.15) is 21.7 Å². The summed E-state index contributed by atoms with van der Waals surface area (Å²) in [5.74, 6) is 0.595. The van der Waals surface area contributed by atoms with E-state index in [2.05, 4.69) is 16.6 Å². The van der Waals surface area contributed by atoms with Crippen LogP contribution in [0, 0.1) is 11.3 Å². The fraction of sp³-hybridized carbons (Fsp3) is 0. The molecule has 0 fully saturated rings. The Balaban J connectivity index is 1.72. The second kappa shape index (κ2) is 7.15. The number of anilines is 1. The fourth-order valence-electron chi connectivity index (χ4n) is 2.28. The molecule has 2 aromatic carbocycles. The smallest absolute Gasteiger partial charge is 0.273 e. The molecule has 0 unspecified atom stereocenters. The van der Waals surface area contributed by atoms with Gasteiger partial charge in [0.25, 0.3) is 5.91 Å². The maximum absolute atomic E-state index is 12.0. The van der Waals surface area contributed by atoms with Gasteiger partial charge < -0.3 is 10.2 Å². The molecule has 6 heteroatoms. The highest BCUT2D eigenvalue weighted by Crippen LogP contribution is 2.24. The molecule has 3 rings (SSSR count). The quantitative estimate of drug-likeness (QED) is 0.435. The van der Waals surface area contributed by atoms with E-state index in [1.54, 1.807) is 54.6 Å². The van der Waals surface area contributed by atoms with Gasteiger partial charge in [-0.05, 0) is 36.4 Å². The Hall–Kier alpha value is -3.85. The zero-order chi connectivity index (χ0) is 17.6. The number of rotatable bonds is 4. The standard InChI is InChI=1S/C19H14N4O2/c20-11-13-5-1-2-6-15(13)18-10-9-14(25-18)12-22-23-19(24)16-7-3-4-8-17(16)21/h1-10,12H,21H2,(H,23,24)/b22-12+. The molecule has 0 aliphatic carbocycles. The minimum atomic E-state index is -0.407. The van der Waals surface area contributed by atoms with Crippen molar-refractivity contribution >= 4 is 17.8 Å². The lowest BCUT2D eigenvalue weighted by Crippen LogP contribution is -2.18. The van der Waals surface area contributed by atoms with E-state index in [1.165, 1.54) is 6.21 Å². The van der Waals surface area contributed by atoms with Crippen molar-refractivity contribution in [3.63, 3.8) is 0 Å². The van der Waals surface area contributed by atoms with Crippen LogP contribution in [-0.4, -0.2) is 12.1 Å². The number of nitrogens with zero attached hydrogens (tertiary/aromatic N) is 2. The van der Waals surface area contributed by atoms with Crippen molar-refractivity contribution in [3.8, 4) is 17.4 Å². The molecule has 3 aromatic rings. The first-order valence-electron chi connectivity index (χ1n) is 7.46. The third kappa shape index (κ3) is 3.57. The Morgan fingerprint density at radius 2 is 1.88 bits per heavy atom. The Morgan fingerprint density at radius 1 is 1.12 bits per heavy atom. The van der Waals surface area contributed by atoms with E-state index in [9.17, 15) is 4.79 Å². The Bertz CT molecular complexity index is 983. The molecule has 0 atom stereocenters. The second-order valence-corrected chi connectivity index (χ2v) is 5.15. The molecule has 0 bridgehead atoms. The van der Waals surface area contributed by atoms with Crippen LogP contribution in [0.25, 0.3) is 11.3 Å². The first-order chi connectivity index (χ1) is 12.2. The number of hydrogen-bond donors (Lipinski definition) is 2. The van der Waals surface area contributed by atoms with Crippen LogP contribution >= 0.6 is 0 Å². The minimum Gasteiger partial charge on any atom is -0.455 e. The fourth-order valence-corrected chi connectivity index (χ4v) is 2.28. The summed E-state index contributed by atoms with van der Waals surface area (Å²) in [6.45, 7) is 0. The van der Waals surface area contributed by atoms with Gasteiger partial charge in [-0.1, -0.05) is 24.3 Å². The van der Waals surface area contributed by atoms with Gasteiger partial charge in [0.05, 0.1) is 23.4 Å². The van der Waals surface area contributed by atoms with Gasteiger partial charge in [-0.25, -0.2) is 5.43 Å². The van der Waals surface area contributed by atoms with Gasteiger partial charge >= 0.3 is 0 Å². The number of nitriles is 1. The number of carbonyl (C=O) groups excluding carboxylic acids is 1. The van der Waals surface area contributed by atoms with Crippen molar-refractivity contribution in [1.29, 1.82) is 5.26 Å². The number of nitrogens with one attached hydrogen (secondary N) is 1. The lowest BCUT2D eigenvalue weighted by Gasteiger charge is -2.02. The molecule has 0 spiro atoms. The predicted molar refractivity (Wildman–Crippen MR) is 94.8 cm³/mol. The summed E-state index contributed by atoms with van der Waals surface area (Å²) < 4.78 is 5.65. The Morgan fingerprint density at radius 3 is 2.68 bits per heavy atom. The van der Waals surface area contributed by atoms with Gasteiger partial charge in [-0.3, -0.25) is 4.79 Å². The average molecular weight is 330 g/mol. The molecule has 3 N–H and O–H groups in total. The van der Waals surface area contributed by atoms with Crippen molar-refractivity contribution in [1.82, 2.24) is 5.43 Å². The van der Waals surface area contributed by atoms with E-state index in [-0.39, 0.29) is 0 Å². The number of benzene rings is 2. The number of hydrogen-bond acceptors (Lipinski definition) is 5. The third-order valence-corrected chi connectivity index (χ3v) is 3.50. The first kappa shape index (κ1) is 16.0. The molecular weight excluding hydrogens is 316 g/mol. The van der Waals surface area contributed by atoms with E-state index < -0.39 is 5.91 Å². The number of hydrazone groups is 1. The molecule has 0 aliphatic rings. The van der Waals surface area contributed by atoms with Gasteiger partial charge in [0.15, 0.2) is 0 Å². The summed E-state index contributed by atoms with van der Waals surface area (Å²) >= 11 is 0. The van der Waals surface area contributed by atoms with E-state index in [4.69, 9.17) is 15.4 Å². The molecule has 0 radical (unpaired) electrons. The molecule has 0 aliphatic heterocycles. The van der Waals surface area contributed by atoms with Crippen molar-refractivity contribution in [2.24, 2.45) is 5.10 Å². The maximum atomic E-state index is 12.0. The zero-order valence-corrected chi connectivity index (χ0v) is 13.1. The van der Waals surface area contributed by atoms with E-state index in [1.807, 2.05) is 6.07 Å². The number of carbonyl (C=O) groups is 1. The zero-order valence-electron chi connectivity index (χ0n) is 13.1. The molecule has 0 saturated heterocycles. The number of nitrogen functional groups attached to an aromatic ring is 1. The van der Waals surface area contributed by atoms with Crippen LogP contribution < -0.4 is 11.2 Å². The highest BCUT2D eigenvalue weighted by molar-refractivity contribution is 5.99. The van der Waals surface area contributed by atoms with Crippen LogP contribution in [0.2, 0.25) is 0 Å². The van der Waals surface area contributed by atoms with Crippen LogP contribution in [-0.2, 0) is 0 Å². The topological polar surface area (TPSA) is 104 Å². The van der Waals surface area contributed by atoms with E-state index >= 15 is 0 Å². The summed E-state index contributed by atoms with van der Waals surface area (Å²) in [4.78, 5) is 12.0. The van der Waals surface area contributed by atoms with E-state index in [0.29, 0.717) is 33.9 Å². The van der Waals surface area contributed by atoms with E-state index in [0.717, 1.165) is 0 Å². The lowest BCUT2D eigenvalue weighted by molar-refractivity contribution is 0.0956. The van der Waals surface area contributed by atoms with Crippen molar-refractivity contribution in [3.05, 3.63) is 77.6 Å². The van der Waals surface area contributed by atoms with Crippen LogP contribution in [0.15, 0.2) is 70.2 Å². The molecular formula is C19H14N4O2. The summed E-state index contributed by atoms with van der Waals surface area (Å²) in [5.41, 5.74) is 10.1. The SMILES string of the molecule is N#Cc1ccccc1-c1ccc(/C=N/NC(=O)c2ccccc2N)o1. The minimum absolute atomic E-state index is 0.350. The summed E-state index contributed by atoms with van der Waals surface area (Å²) in [5, 5.41) is 13.0. The molecule has 1 amide bonds. The van der Waals surface area contributed by atoms with Crippen molar-refractivity contribution in [2.75, 3.05) is 5.73 Å². The Labute approximate surface area is 144 Å². The first-order valence-corrected chi connectivity index (χ1v) is 7.46. The number of para-hydroxylation sites is 1. The number of amides is 1. The lowest BCUT2D eigenvalue weighted by atomic mass is 10.1. The highest BCUT2D eigenvalue weighted by Gasteiger charge is 2.09. The third-order valence-electron chi connectivity index (χ3n) is 3.50. The Kier molecular flexibility index (Phi) is 4.58. The van der Waals surface area contributed by atoms with Gasteiger partial charge in [0, 0.05) is 11.3 Å². The molecule has 1 aromatic heterocycles. The van der Waals surface area contributed by atoms with Crippen molar-refractivity contribution in [2.45, 2.75) is 0 Å². The molecule has 25 heavy (non-hydrogen) atoms. The second-order valence-electron chi connectivity index (χ2n) is 5.15. The van der Waals surface area contributed by atoms with Crippen LogP contribution in [0.5, 0.6) is 0 Å². The molecule has 122 valence electrons. The average Bonchev–Trinajstić information content (AvgIpc) is 3.10. The van der Waals surface area contributed by atoms with Gasteiger partial charge in [-0.2, -0.15) is 10.4 Å². The van der Waals surface area contributed by atoms with Gasteiger partial charge in [-0.15, -0.1) is 0 Å². The van der Waals surface area contributed by atoms with Gasteiger partial charge in [0.2, 0.25) is 0 Å². The number of nitrogens with two attached hydrogens (primary N) is 1.